The van der Waals surface area contributed by atoms with Crippen LogP contribution in [0.25, 0.3) is 0 Å². The van der Waals surface area contributed by atoms with Gasteiger partial charge in [0.25, 0.3) is 0 Å². The van der Waals surface area contributed by atoms with E-state index in [1.165, 1.54) is 22.3 Å². The van der Waals surface area contributed by atoms with E-state index in [1.54, 1.807) is 0 Å². The van der Waals surface area contributed by atoms with Crippen molar-refractivity contribution in [3.8, 4) is 0 Å². The van der Waals surface area contributed by atoms with E-state index in [-0.39, 0.29) is 16.2 Å². The normalized spacial score (nSPS) is 13.5. The van der Waals surface area contributed by atoms with Crippen molar-refractivity contribution in [3.05, 3.63) is 106 Å². The van der Waals surface area contributed by atoms with Crippen molar-refractivity contribution in [2.75, 3.05) is 0 Å². The number of hydrogen-bond acceptors (Lipinski definition) is 1. The van der Waals surface area contributed by atoms with E-state index < -0.39 is 0 Å². The van der Waals surface area contributed by atoms with Crippen molar-refractivity contribution >= 4 is 12.1 Å². The van der Waals surface area contributed by atoms with Crippen molar-refractivity contribution in [3.63, 3.8) is 0 Å². The highest BCUT2D eigenvalue weighted by Crippen LogP contribution is 2.24. The molecule has 0 N–H and O–H groups in total. The molecular weight excluding hydrogens is 424 g/mol. The number of benzene rings is 3. The summed E-state index contributed by atoms with van der Waals surface area (Å²) in [7, 11) is 0. The molecule has 0 aliphatic carbocycles. The standard InChI is InChI=1S/C33H42N2/c1-31(2,3)27-16-10-24(11-17-27)22-34-30(26-14-20-29(21-15-26)33(7,8)9)35-23-25-12-18-28(19-13-25)32(4,5)6/h10-22H,23H2,1-9H3. The molecule has 184 valence electrons. The lowest BCUT2D eigenvalue weighted by Crippen LogP contribution is -2.11. The van der Waals surface area contributed by atoms with Crippen LogP contribution in [-0.2, 0) is 22.8 Å². The maximum absolute atomic E-state index is 4.94. The molecule has 0 aliphatic heterocycles. The molecule has 0 fully saturated rings. The molecule has 0 bridgehead atoms. The zero-order chi connectivity index (χ0) is 25.9. The Morgan fingerprint density at radius 2 is 0.971 bits per heavy atom. The number of aliphatic imine (C=N–C) groups is 2. The molecule has 0 saturated heterocycles. The summed E-state index contributed by atoms with van der Waals surface area (Å²) in [5, 5.41) is 0. The third-order valence-electron chi connectivity index (χ3n) is 6.35. The van der Waals surface area contributed by atoms with Gasteiger partial charge in [-0.05, 0) is 44.1 Å². The summed E-state index contributed by atoms with van der Waals surface area (Å²) >= 11 is 0. The lowest BCUT2D eigenvalue weighted by molar-refractivity contribution is 0.590. The molecule has 3 aromatic rings. The van der Waals surface area contributed by atoms with Gasteiger partial charge in [-0.2, -0.15) is 0 Å². The Morgan fingerprint density at radius 1 is 0.571 bits per heavy atom. The Bertz CT molecular complexity index is 1160. The SMILES string of the molecule is CC(C)(C)c1ccc(C=NC(=NCc2ccc(C(C)(C)C)cc2)c2ccc(C(C)(C)C)cc2)cc1. The quantitative estimate of drug-likeness (QED) is 0.271. The van der Waals surface area contributed by atoms with Crippen molar-refractivity contribution in [1.82, 2.24) is 0 Å². The van der Waals surface area contributed by atoms with E-state index in [1.807, 2.05) is 6.21 Å². The lowest BCUT2D eigenvalue weighted by Gasteiger charge is -2.19. The van der Waals surface area contributed by atoms with Gasteiger partial charge in [-0.25, -0.2) is 4.99 Å². The largest absolute Gasteiger partial charge is 0.261 e. The zero-order valence-electron chi connectivity index (χ0n) is 23.1. The van der Waals surface area contributed by atoms with Gasteiger partial charge in [0.1, 0.15) is 0 Å². The van der Waals surface area contributed by atoms with E-state index in [4.69, 9.17) is 9.98 Å². The summed E-state index contributed by atoms with van der Waals surface area (Å²) in [6, 6.07) is 26.1. The average molecular weight is 467 g/mol. The molecule has 0 atom stereocenters. The molecule has 0 radical (unpaired) electrons. The molecule has 0 spiro atoms. The van der Waals surface area contributed by atoms with Crippen LogP contribution in [0.5, 0.6) is 0 Å². The highest BCUT2D eigenvalue weighted by Gasteiger charge is 2.15. The van der Waals surface area contributed by atoms with E-state index >= 15 is 0 Å². The minimum absolute atomic E-state index is 0.114. The van der Waals surface area contributed by atoms with E-state index in [2.05, 4.69) is 135 Å². The second kappa shape index (κ2) is 10.3. The average Bonchev–Trinajstić information content (AvgIpc) is 2.78. The first-order valence-corrected chi connectivity index (χ1v) is 12.6. The number of nitrogens with zero attached hydrogens (tertiary/aromatic N) is 2. The smallest absolute Gasteiger partial charge is 0.154 e. The molecule has 2 heteroatoms. The summed E-state index contributed by atoms with van der Waals surface area (Å²) in [6.45, 7) is 20.7. The highest BCUT2D eigenvalue weighted by molar-refractivity contribution is 6.05. The fourth-order valence-corrected chi connectivity index (χ4v) is 3.81. The first-order valence-electron chi connectivity index (χ1n) is 12.6. The Kier molecular flexibility index (Phi) is 7.84. The molecular formula is C33H42N2. The van der Waals surface area contributed by atoms with Gasteiger partial charge in [-0.3, -0.25) is 4.99 Å². The topological polar surface area (TPSA) is 24.7 Å². The van der Waals surface area contributed by atoms with Crippen LogP contribution in [0.2, 0.25) is 0 Å². The minimum atomic E-state index is 0.114. The van der Waals surface area contributed by atoms with Crippen LogP contribution in [0, 0.1) is 0 Å². The van der Waals surface area contributed by atoms with Crippen molar-refractivity contribution in [2.24, 2.45) is 9.98 Å². The Labute approximate surface area is 213 Å². The fraction of sp³-hybridized carbons (Fsp3) is 0.394. The summed E-state index contributed by atoms with van der Waals surface area (Å²) in [4.78, 5) is 9.78. The van der Waals surface area contributed by atoms with Gasteiger partial charge >= 0.3 is 0 Å². The van der Waals surface area contributed by atoms with Crippen LogP contribution < -0.4 is 0 Å². The van der Waals surface area contributed by atoms with E-state index in [9.17, 15) is 0 Å². The Morgan fingerprint density at radius 3 is 1.40 bits per heavy atom. The summed E-state index contributed by atoms with van der Waals surface area (Å²) in [5.41, 5.74) is 7.65. The van der Waals surface area contributed by atoms with Crippen LogP contribution in [-0.4, -0.2) is 12.1 Å². The summed E-state index contributed by atoms with van der Waals surface area (Å²) in [5.74, 6) is 0.755. The van der Waals surface area contributed by atoms with Gasteiger partial charge in [-0.15, -0.1) is 0 Å². The molecule has 0 amide bonds. The molecule has 0 saturated carbocycles. The van der Waals surface area contributed by atoms with Gasteiger partial charge in [-0.1, -0.05) is 135 Å². The molecule has 35 heavy (non-hydrogen) atoms. The predicted molar refractivity (Wildman–Crippen MR) is 153 cm³/mol. The third kappa shape index (κ3) is 7.49. The summed E-state index contributed by atoms with van der Waals surface area (Å²) in [6.07, 6.45) is 1.92. The number of rotatable bonds is 4. The van der Waals surface area contributed by atoms with Gasteiger partial charge in [0.05, 0.1) is 6.54 Å². The predicted octanol–water partition coefficient (Wildman–Crippen LogP) is 8.65. The molecule has 0 aliphatic rings. The first kappa shape index (κ1) is 26.6. The Balaban J connectivity index is 1.90. The fourth-order valence-electron chi connectivity index (χ4n) is 3.81. The van der Waals surface area contributed by atoms with Gasteiger partial charge in [0.2, 0.25) is 0 Å². The van der Waals surface area contributed by atoms with Crippen LogP contribution in [0.15, 0.2) is 82.8 Å². The van der Waals surface area contributed by atoms with Crippen molar-refractivity contribution in [2.45, 2.75) is 85.1 Å². The molecule has 2 nitrogen and oxygen atoms in total. The Hall–Kier alpha value is -3.00. The minimum Gasteiger partial charge on any atom is -0.261 e. The third-order valence-corrected chi connectivity index (χ3v) is 6.35. The molecule has 0 aromatic heterocycles. The van der Waals surface area contributed by atoms with E-state index in [0.29, 0.717) is 6.54 Å². The number of hydrogen-bond donors (Lipinski definition) is 0. The van der Waals surface area contributed by atoms with Crippen LogP contribution in [0.1, 0.15) is 95.7 Å². The molecule has 3 rings (SSSR count). The maximum atomic E-state index is 4.94. The molecule has 0 heterocycles. The van der Waals surface area contributed by atoms with Gasteiger partial charge < -0.3 is 0 Å². The maximum Gasteiger partial charge on any atom is 0.154 e. The van der Waals surface area contributed by atoms with Crippen molar-refractivity contribution < 1.29 is 0 Å². The van der Waals surface area contributed by atoms with Crippen LogP contribution >= 0.6 is 0 Å². The molecule has 0 unspecified atom stereocenters. The van der Waals surface area contributed by atoms with E-state index in [0.717, 1.165) is 17.0 Å². The second-order valence-electron chi connectivity index (χ2n) is 12.5. The highest BCUT2D eigenvalue weighted by atomic mass is 14.9. The van der Waals surface area contributed by atoms with Crippen LogP contribution in [0.4, 0.5) is 0 Å². The van der Waals surface area contributed by atoms with Gasteiger partial charge in [0.15, 0.2) is 5.84 Å². The summed E-state index contributed by atoms with van der Waals surface area (Å²) < 4.78 is 0. The first-order chi connectivity index (χ1) is 16.2. The second-order valence-corrected chi connectivity index (χ2v) is 12.5. The van der Waals surface area contributed by atoms with Gasteiger partial charge in [0, 0.05) is 11.8 Å². The zero-order valence-corrected chi connectivity index (χ0v) is 23.1. The number of amidine groups is 1. The van der Waals surface area contributed by atoms with Crippen LogP contribution in [0.3, 0.4) is 0 Å². The molecule has 3 aromatic carbocycles. The monoisotopic (exact) mass is 466 g/mol. The lowest BCUT2D eigenvalue weighted by atomic mass is 9.86. The van der Waals surface area contributed by atoms with Crippen molar-refractivity contribution in [1.29, 1.82) is 0 Å².